The van der Waals surface area contributed by atoms with Gasteiger partial charge in [-0.2, -0.15) is 10.2 Å². The van der Waals surface area contributed by atoms with Crippen LogP contribution in [-0.4, -0.2) is 55.9 Å². The van der Waals surface area contributed by atoms with Crippen LogP contribution in [0, 0.1) is 0 Å². The van der Waals surface area contributed by atoms with Gasteiger partial charge in [-0.05, 0) is 49.7 Å². The van der Waals surface area contributed by atoms with Gasteiger partial charge >= 0.3 is 0 Å². The molecule has 3 aromatic heterocycles. The SMILES string of the molecule is CCC1CCCCN1CCCNC(=O)Cn1ncn2nc(-c3cccs3)cc2c1=O. The van der Waals surface area contributed by atoms with E-state index in [4.69, 9.17) is 0 Å². The molecular weight excluding hydrogens is 400 g/mol. The fraction of sp³-hybridized carbons (Fsp3) is 0.524. The van der Waals surface area contributed by atoms with Crippen LogP contribution in [-0.2, 0) is 11.3 Å². The van der Waals surface area contributed by atoms with E-state index in [1.54, 1.807) is 17.4 Å². The van der Waals surface area contributed by atoms with Gasteiger partial charge < -0.3 is 10.2 Å². The summed E-state index contributed by atoms with van der Waals surface area (Å²) in [5, 5.41) is 13.4. The molecule has 9 heteroatoms. The average Bonchev–Trinajstić information content (AvgIpc) is 3.43. The maximum Gasteiger partial charge on any atom is 0.293 e. The molecule has 160 valence electrons. The van der Waals surface area contributed by atoms with Gasteiger partial charge in [-0.25, -0.2) is 9.20 Å². The molecule has 4 rings (SSSR count). The van der Waals surface area contributed by atoms with Gasteiger partial charge in [0.2, 0.25) is 5.91 Å². The minimum Gasteiger partial charge on any atom is -0.354 e. The summed E-state index contributed by atoms with van der Waals surface area (Å²) in [6.07, 6.45) is 7.44. The number of hydrogen-bond donors (Lipinski definition) is 1. The summed E-state index contributed by atoms with van der Waals surface area (Å²) in [4.78, 5) is 28.6. The van der Waals surface area contributed by atoms with Crippen molar-refractivity contribution >= 4 is 22.8 Å². The van der Waals surface area contributed by atoms with Crippen LogP contribution < -0.4 is 10.9 Å². The van der Waals surface area contributed by atoms with Crippen LogP contribution >= 0.6 is 11.3 Å². The zero-order valence-corrected chi connectivity index (χ0v) is 18.1. The van der Waals surface area contributed by atoms with Gasteiger partial charge in [-0.3, -0.25) is 9.59 Å². The van der Waals surface area contributed by atoms with Gasteiger partial charge in [0.05, 0.1) is 4.88 Å². The second-order valence-corrected chi connectivity index (χ2v) is 8.68. The number of thiophene rings is 1. The third-order valence-electron chi connectivity index (χ3n) is 5.72. The molecule has 4 heterocycles. The molecule has 0 aliphatic carbocycles. The van der Waals surface area contributed by atoms with Gasteiger partial charge in [-0.15, -0.1) is 11.3 Å². The molecule has 3 aromatic rings. The van der Waals surface area contributed by atoms with Crippen molar-refractivity contribution in [3.63, 3.8) is 0 Å². The summed E-state index contributed by atoms with van der Waals surface area (Å²) in [6, 6.07) is 6.32. The lowest BCUT2D eigenvalue weighted by atomic mass is 10.00. The van der Waals surface area contributed by atoms with Crippen LogP contribution in [0.15, 0.2) is 34.7 Å². The van der Waals surface area contributed by atoms with Crippen molar-refractivity contribution in [2.24, 2.45) is 0 Å². The quantitative estimate of drug-likeness (QED) is 0.557. The topological polar surface area (TPSA) is 84.5 Å². The van der Waals surface area contributed by atoms with E-state index in [2.05, 4.69) is 27.3 Å². The Balaban J connectivity index is 1.32. The van der Waals surface area contributed by atoms with E-state index < -0.39 is 0 Å². The minimum atomic E-state index is -0.318. The molecule has 0 bridgehead atoms. The lowest BCUT2D eigenvalue weighted by Crippen LogP contribution is -2.41. The number of carbonyl (C=O) groups is 1. The Morgan fingerprint density at radius 1 is 1.37 bits per heavy atom. The van der Waals surface area contributed by atoms with E-state index in [9.17, 15) is 9.59 Å². The molecule has 30 heavy (non-hydrogen) atoms. The molecule has 0 aromatic carbocycles. The number of piperidine rings is 1. The predicted molar refractivity (Wildman–Crippen MR) is 118 cm³/mol. The normalized spacial score (nSPS) is 17.4. The van der Waals surface area contributed by atoms with Crippen molar-refractivity contribution in [1.82, 2.24) is 29.6 Å². The number of fused-ring (bicyclic) bond motifs is 1. The number of rotatable bonds is 8. The van der Waals surface area contributed by atoms with Crippen LogP contribution in [0.1, 0.15) is 39.0 Å². The van der Waals surface area contributed by atoms with Crippen molar-refractivity contribution in [2.75, 3.05) is 19.6 Å². The summed E-state index contributed by atoms with van der Waals surface area (Å²) in [5.41, 5.74) is 0.827. The van der Waals surface area contributed by atoms with Crippen molar-refractivity contribution in [1.29, 1.82) is 0 Å². The summed E-state index contributed by atoms with van der Waals surface area (Å²) in [7, 11) is 0. The van der Waals surface area contributed by atoms with Crippen molar-refractivity contribution in [3.05, 3.63) is 40.3 Å². The Bertz CT molecular complexity index is 1040. The van der Waals surface area contributed by atoms with E-state index in [1.165, 1.54) is 41.2 Å². The number of likely N-dealkylation sites (tertiary alicyclic amines) is 1. The molecule has 1 fully saturated rings. The third kappa shape index (κ3) is 4.62. The molecule has 1 atom stereocenters. The van der Waals surface area contributed by atoms with E-state index in [-0.39, 0.29) is 18.0 Å². The highest BCUT2D eigenvalue weighted by Gasteiger charge is 2.20. The molecule has 1 N–H and O–H groups in total. The zero-order valence-electron chi connectivity index (χ0n) is 17.3. The zero-order chi connectivity index (χ0) is 20.9. The fourth-order valence-electron chi connectivity index (χ4n) is 4.11. The predicted octanol–water partition coefficient (Wildman–Crippen LogP) is 2.39. The maximum absolute atomic E-state index is 12.7. The molecule has 1 aliphatic heterocycles. The average molecular weight is 429 g/mol. The summed E-state index contributed by atoms with van der Waals surface area (Å²) in [6.45, 7) is 4.93. The van der Waals surface area contributed by atoms with Crippen LogP contribution in [0.2, 0.25) is 0 Å². The Kier molecular flexibility index (Phi) is 6.59. The van der Waals surface area contributed by atoms with E-state index >= 15 is 0 Å². The second kappa shape index (κ2) is 9.53. The standard InChI is InChI=1S/C21H28N6O2S/c1-2-16-7-3-4-10-25(16)11-6-9-22-20(28)14-26-21(29)18-13-17(19-8-5-12-30-19)24-27(18)15-23-26/h5,8,12-13,15-16H,2-4,6-7,9-11,14H2,1H3,(H,22,28). The van der Waals surface area contributed by atoms with Crippen LogP contribution in [0.25, 0.3) is 16.1 Å². The molecule has 1 aliphatic rings. The first-order chi connectivity index (χ1) is 14.7. The summed E-state index contributed by atoms with van der Waals surface area (Å²) < 4.78 is 2.66. The molecule has 0 spiro atoms. The largest absolute Gasteiger partial charge is 0.354 e. The molecule has 0 saturated carbocycles. The van der Waals surface area contributed by atoms with Crippen molar-refractivity contribution in [2.45, 2.75) is 51.6 Å². The Labute approximate surface area is 179 Å². The smallest absolute Gasteiger partial charge is 0.293 e. The number of hydrogen-bond acceptors (Lipinski definition) is 6. The highest BCUT2D eigenvalue weighted by Crippen LogP contribution is 2.23. The molecule has 1 saturated heterocycles. The lowest BCUT2D eigenvalue weighted by Gasteiger charge is -2.35. The van der Waals surface area contributed by atoms with E-state index in [0.29, 0.717) is 18.1 Å². The second-order valence-electron chi connectivity index (χ2n) is 7.73. The summed E-state index contributed by atoms with van der Waals surface area (Å²) in [5.74, 6) is -0.197. The number of amides is 1. The van der Waals surface area contributed by atoms with Gasteiger partial charge in [0.15, 0.2) is 0 Å². The number of carbonyl (C=O) groups excluding carboxylic acids is 1. The molecule has 1 unspecified atom stereocenters. The third-order valence-corrected chi connectivity index (χ3v) is 6.61. The van der Waals surface area contributed by atoms with Crippen molar-refractivity contribution in [3.8, 4) is 10.6 Å². The number of nitrogens with one attached hydrogen (secondary N) is 1. The van der Waals surface area contributed by atoms with Crippen LogP contribution in [0.3, 0.4) is 0 Å². The molecule has 8 nitrogen and oxygen atoms in total. The van der Waals surface area contributed by atoms with Gasteiger partial charge in [0.1, 0.15) is 24.1 Å². The van der Waals surface area contributed by atoms with E-state index in [1.807, 2.05) is 17.5 Å². The minimum absolute atomic E-state index is 0.0872. The monoisotopic (exact) mass is 428 g/mol. The first-order valence-corrected chi connectivity index (χ1v) is 11.5. The molecule has 1 amide bonds. The first-order valence-electron chi connectivity index (χ1n) is 10.7. The first kappa shape index (κ1) is 20.7. The van der Waals surface area contributed by atoms with E-state index in [0.717, 1.165) is 30.1 Å². The maximum atomic E-state index is 12.7. The van der Waals surface area contributed by atoms with Gasteiger partial charge in [-0.1, -0.05) is 19.4 Å². The van der Waals surface area contributed by atoms with Crippen LogP contribution in [0.5, 0.6) is 0 Å². The highest BCUT2D eigenvalue weighted by molar-refractivity contribution is 7.13. The Morgan fingerprint density at radius 3 is 3.07 bits per heavy atom. The number of nitrogens with zero attached hydrogens (tertiary/aromatic N) is 5. The Morgan fingerprint density at radius 2 is 2.27 bits per heavy atom. The van der Waals surface area contributed by atoms with Crippen molar-refractivity contribution < 1.29 is 4.79 Å². The fourth-order valence-corrected chi connectivity index (χ4v) is 4.80. The highest BCUT2D eigenvalue weighted by atomic mass is 32.1. The van der Waals surface area contributed by atoms with Gasteiger partial charge in [0, 0.05) is 19.1 Å². The van der Waals surface area contributed by atoms with Crippen LogP contribution in [0.4, 0.5) is 0 Å². The number of aromatic nitrogens is 4. The lowest BCUT2D eigenvalue weighted by molar-refractivity contribution is -0.121. The Hall–Kier alpha value is -2.52. The van der Waals surface area contributed by atoms with Gasteiger partial charge in [0.25, 0.3) is 5.56 Å². The summed E-state index contributed by atoms with van der Waals surface area (Å²) >= 11 is 1.56. The molecule has 0 radical (unpaired) electrons. The molecular formula is C21H28N6O2S.